The fourth-order valence-electron chi connectivity index (χ4n) is 3.47. The molecule has 1 aliphatic heterocycles. The van der Waals surface area contributed by atoms with Crippen molar-refractivity contribution in [3.8, 4) is 0 Å². The van der Waals surface area contributed by atoms with Crippen molar-refractivity contribution in [3.05, 3.63) is 54.1 Å². The topological polar surface area (TPSA) is 66.4 Å². The van der Waals surface area contributed by atoms with E-state index in [1.165, 1.54) is 5.56 Å². The Morgan fingerprint density at radius 3 is 2.48 bits per heavy atom. The Labute approximate surface area is 163 Å². The molecular formula is C19H22N4O2S2. The highest BCUT2D eigenvalue weighted by Crippen LogP contribution is 2.25. The van der Waals surface area contributed by atoms with Crippen molar-refractivity contribution in [3.63, 3.8) is 0 Å². The van der Waals surface area contributed by atoms with Crippen LogP contribution in [0.25, 0.3) is 11.0 Å². The maximum absolute atomic E-state index is 13.0. The fraction of sp³-hybridized carbons (Fsp3) is 0.368. The van der Waals surface area contributed by atoms with E-state index in [9.17, 15) is 8.42 Å². The number of aromatic nitrogens is 2. The molecule has 0 radical (unpaired) electrons. The van der Waals surface area contributed by atoms with Crippen LogP contribution in [0.1, 0.15) is 12.0 Å². The Bertz CT molecular complexity index is 997. The van der Waals surface area contributed by atoms with Crippen molar-refractivity contribution < 1.29 is 8.42 Å². The number of rotatable bonds is 6. The van der Waals surface area contributed by atoms with Crippen LogP contribution in [0.4, 0.5) is 0 Å². The number of aryl methyl sites for hydroxylation is 1. The third-order valence-corrected chi connectivity index (χ3v) is 7.45. The van der Waals surface area contributed by atoms with Crippen LogP contribution < -0.4 is 0 Å². The van der Waals surface area contributed by atoms with Crippen molar-refractivity contribution in [1.29, 1.82) is 0 Å². The lowest BCUT2D eigenvalue weighted by Crippen LogP contribution is -2.48. The Morgan fingerprint density at radius 1 is 0.926 bits per heavy atom. The van der Waals surface area contributed by atoms with Gasteiger partial charge in [-0.25, -0.2) is 8.42 Å². The van der Waals surface area contributed by atoms with E-state index in [4.69, 9.17) is 0 Å². The van der Waals surface area contributed by atoms with Gasteiger partial charge in [0.25, 0.3) is 0 Å². The largest absolute Gasteiger partial charge is 0.301 e. The average Bonchev–Trinajstić information content (AvgIpc) is 3.18. The molecule has 1 saturated heterocycles. The first-order valence-electron chi connectivity index (χ1n) is 9.12. The second kappa shape index (κ2) is 8.02. The maximum Gasteiger partial charge on any atom is 0.245 e. The molecule has 4 rings (SSSR count). The van der Waals surface area contributed by atoms with E-state index >= 15 is 0 Å². The summed E-state index contributed by atoms with van der Waals surface area (Å²) < 4.78 is 36.0. The average molecular weight is 403 g/mol. The van der Waals surface area contributed by atoms with Crippen LogP contribution in [0.15, 0.2) is 53.4 Å². The van der Waals surface area contributed by atoms with E-state index in [-0.39, 0.29) is 4.90 Å². The molecular weight excluding hydrogens is 380 g/mol. The molecule has 0 bridgehead atoms. The summed E-state index contributed by atoms with van der Waals surface area (Å²) in [7, 11) is -3.53. The van der Waals surface area contributed by atoms with Crippen molar-refractivity contribution in [2.45, 2.75) is 17.7 Å². The Kier molecular flexibility index (Phi) is 5.49. The predicted octanol–water partition coefficient (Wildman–Crippen LogP) is 2.63. The van der Waals surface area contributed by atoms with Crippen molar-refractivity contribution in [1.82, 2.24) is 18.0 Å². The smallest absolute Gasteiger partial charge is 0.245 e. The molecule has 0 amide bonds. The summed E-state index contributed by atoms with van der Waals surface area (Å²) in [6.45, 7) is 3.55. The molecule has 0 unspecified atom stereocenters. The number of nitrogens with zero attached hydrogens (tertiary/aromatic N) is 4. The summed E-state index contributed by atoms with van der Waals surface area (Å²) >= 11 is 1.05. The third kappa shape index (κ3) is 4.03. The molecule has 1 aliphatic rings. The van der Waals surface area contributed by atoms with Crippen LogP contribution in [-0.4, -0.2) is 59.1 Å². The van der Waals surface area contributed by atoms with E-state index in [1.54, 1.807) is 22.5 Å². The quantitative estimate of drug-likeness (QED) is 0.634. The van der Waals surface area contributed by atoms with Crippen molar-refractivity contribution >= 4 is 32.8 Å². The molecule has 2 aromatic carbocycles. The Hall–Kier alpha value is -1.87. The van der Waals surface area contributed by atoms with Crippen molar-refractivity contribution in [2.75, 3.05) is 32.7 Å². The second-order valence-electron chi connectivity index (χ2n) is 6.72. The SMILES string of the molecule is O=S(=O)(c1cccc2nsnc12)N1CCN(CCCc2ccccc2)CC1. The Morgan fingerprint density at radius 2 is 1.70 bits per heavy atom. The molecule has 0 saturated carbocycles. The van der Waals surface area contributed by atoms with Gasteiger partial charge in [0.05, 0.1) is 11.7 Å². The summed E-state index contributed by atoms with van der Waals surface area (Å²) in [6, 6.07) is 15.6. The molecule has 1 fully saturated rings. The van der Waals surface area contributed by atoms with Crippen LogP contribution in [0.3, 0.4) is 0 Å². The van der Waals surface area contributed by atoms with Gasteiger partial charge in [-0.3, -0.25) is 0 Å². The Balaban J connectivity index is 1.35. The molecule has 0 N–H and O–H groups in total. The van der Waals surface area contributed by atoms with Crippen LogP contribution in [0.5, 0.6) is 0 Å². The monoisotopic (exact) mass is 402 g/mol. The molecule has 27 heavy (non-hydrogen) atoms. The first kappa shape index (κ1) is 18.5. The summed E-state index contributed by atoms with van der Waals surface area (Å²) in [5, 5.41) is 0. The zero-order valence-corrected chi connectivity index (χ0v) is 16.6. The zero-order valence-electron chi connectivity index (χ0n) is 15.0. The molecule has 0 spiro atoms. The van der Waals surface area contributed by atoms with Gasteiger partial charge in [-0.15, -0.1) is 0 Å². The highest BCUT2D eigenvalue weighted by molar-refractivity contribution is 7.89. The van der Waals surface area contributed by atoms with Gasteiger partial charge in [0, 0.05) is 26.2 Å². The number of piperazine rings is 1. The molecule has 2 heterocycles. The molecule has 142 valence electrons. The molecule has 3 aromatic rings. The lowest BCUT2D eigenvalue weighted by molar-refractivity contribution is 0.187. The summed E-state index contributed by atoms with van der Waals surface area (Å²) in [5.74, 6) is 0. The van der Waals surface area contributed by atoms with Crippen LogP contribution in [0, 0.1) is 0 Å². The first-order valence-corrected chi connectivity index (χ1v) is 11.3. The van der Waals surface area contributed by atoms with E-state index < -0.39 is 10.0 Å². The minimum atomic E-state index is -3.53. The summed E-state index contributed by atoms with van der Waals surface area (Å²) in [5.41, 5.74) is 2.47. The van der Waals surface area contributed by atoms with Gasteiger partial charge in [-0.1, -0.05) is 36.4 Å². The number of benzene rings is 2. The third-order valence-electron chi connectivity index (χ3n) is 4.98. The maximum atomic E-state index is 13.0. The van der Waals surface area contributed by atoms with E-state index in [0.717, 1.165) is 44.2 Å². The van der Waals surface area contributed by atoms with E-state index in [1.807, 2.05) is 6.07 Å². The lowest BCUT2D eigenvalue weighted by atomic mass is 10.1. The predicted molar refractivity (Wildman–Crippen MR) is 107 cm³/mol. The van der Waals surface area contributed by atoms with Gasteiger partial charge in [0.1, 0.15) is 15.9 Å². The second-order valence-corrected chi connectivity index (χ2v) is 9.16. The molecule has 6 nitrogen and oxygen atoms in total. The van der Waals surface area contributed by atoms with Crippen LogP contribution in [-0.2, 0) is 16.4 Å². The van der Waals surface area contributed by atoms with E-state index in [2.05, 4.69) is 37.9 Å². The normalized spacial score (nSPS) is 16.7. The van der Waals surface area contributed by atoms with Crippen LogP contribution >= 0.6 is 11.7 Å². The fourth-order valence-corrected chi connectivity index (χ4v) is 5.65. The van der Waals surface area contributed by atoms with Crippen molar-refractivity contribution in [2.24, 2.45) is 0 Å². The minimum absolute atomic E-state index is 0.270. The van der Waals surface area contributed by atoms with Gasteiger partial charge in [0.15, 0.2) is 0 Å². The van der Waals surface area contributed by atoms with Gasteiger partial charge in [0.2, 0.25) is 10.0 Å². The minimum Gasteiger partial charge on any atom is -0.301 e. The summed E-state index contributed by atoms with van der Waals surface area (Å²) in [6.07, 6.45) is 2.14. The van der Waals surface area contributed by atoms with Gasteiger partial charge in [-0.05, 0) is 37.1 Å². The first-order chi connectivity index (χ1) is 13.1. The van der Waals surface area contributed by atoms with E-state index in [0.29, 0.717) is 24.1 Å². The molecule has 8 heteroatoms. The van der Waals surface area contributed by atoms with Crippen LogP contribution in [0.2, 0.25) is 0 Å². The number of sulfonamides is 1. The lowest BCUT2D eigenvalue weighted by Gasteiger charge is -2.34. The number of hydrogen-bond acceptors (Lipinski definition) is 6. The van der Waals surface area contributed by atoms with Gasteiger partial charge >= 0.3 is 0 Å². The molecule has 1 aromatic heterocycles. The number of hydrogen-bond donors (Lipinski definition) is 0. The number of fused-ring (bicyclic) bond motifs is 1. The zero-order chi connectivity index (χ0) is 18.7. The highest BCUT2D eigenvalue weighted by Gasteiger charge is 2.30. The summed E-state index contributed by atoms with van der Waals surface area (Å²) in [4.78, 5) is 2.62. The molecule has 0 aliphatic carbocycles. The van der Waals surface area contributed by atoms with Gasteiger partial charge in [-0.2, -0.15) is 13.1 Å². The molecule has 0 atom stereocenters. The van der Waals surface area contributed by atoms with Gasteiger partial charge < -0.3 is 4.90 Å². The standard InChI is InChI=1S/C19H22N4O2S2/c24-27(25,18-10-4-9-17-19(18)21-26-20-17)23-14-12-22(13-15-23)11-5-8-16-6-2-1-3-7-16/h1-4,6-7,9-10H,5,8,11-15H2. The highest BCUT2D eigenvalue weighted by atomic mass is 32.2.